The predicted molar refractivity (Wildman–Crippen MR) is 79.6 cm³/mol. The normalized spacial score (nSPS) is 10.6. The van der Waals surface area contributed by atoms with Crippen molar-refractivity contribution in [1.29, 1.82) is 0 Å². The van der Waals surface area contributed by atoms with E-state index in [-0.39, 0.29) is 12.4 Å². The van der Waals surface area contributed by atoms with Gasteiger partial charge in [-0.05, 0) is 42.4 Å². The third-order valence-corrected chi connectivity index (χ3v) is 3.27. The van der Waals surface area contributed by atoms with Crippen LogP contribution in [0.15, 0.2) is 42.5 Å². The molecular weight excluding hydrogens is 277 g/mol. The fourth-order valence-corrected chi connectivity index (χ4v) is 1.96. The molecule has 0 unspecified atom stereocenters. The van der Waals surface area contributed by atoms with Gasteiger partial charge in [0.25, 0.3) is 0 Å². The molecule has 2 aromatic carbocycles. The van der Waals surface area contributed by atoms with Crippen molar-refractivity contribution in [3.8, 4) is 5.75 Å². The van der Waals surface area contributed by atoms with E-state index in [2.05, 4.69) is 12.2 Å². The minimum atomic E-state index is -0.311. The topological polar surface area (TPSA) is 21.3 Å². The first-order valence-electron chi connectivity index (χ1n) is 6.55. The highest BCUT2D eigenvalue weighted by Gasteiger charge is 2.03. The Labute approximate surface area is 123 Å². The van der Waals surface area contributed by atoms with Crippen molar-refractivity contribution < 1.29 is 9.13 Å². The van der Waals surface area contributed by atoms with E-state index in [0.29, 0.717) is 10.6 Å². The summed E-state index contributed by atoms with van der Waals surface area (Å²) in [5, 5.41) is 3.77. The number of hydrogen-bond donors (Lipinski definition) is 1. The zero-order valence-electron chi connectivity index (χ0n) is 11.3. The molecule has 0 aromatic heterocycles. The van der Waals surface area contributed by atoms with Gasteiger partial charge in [0, 0.05) is 17.1 Å². The molecule has 0 amide bonds. The van der Waals surface area contributed by atoms with Gasteiger partial charge in [0.1, 0.15) is 18.2 Å². The molecule has 0 saturated heterocycles. The third kappa shape index (κ3) is 4.22. The number of benzene rings is 2. The van der Waals surface area contributed by atoms with E-state index < -0.39 is 0 Å². The van der Waals surface area contributed by atoms with Crippen LogP contribution in [-0.2, 0) is 13.2 Å². The van der Waals surface area contributed by atoms with Crippen LogP contribution in [0, 0.1) is 5.82 Å². The Balaban J connectivity index is 1.95. The Morgan fingerprint density at radius 2 is 1.90 bits per heavy atom. The lowest BCUT2D eigenvalue weighted by Crippen LogP contribution is -2.11. The molecule has 20 heavy (non-hydrogen) atoms. The molecule has 1 N–H and O–H groups in total. The molecule has 0 aliphatic carbocycles. The summed E-state index contributed by atoms with van der Waals surface area (Å²) in [5.74, 6) is 0.430. The summed E-state index contributed by atoms with van der Waals surface area (Å²) < 4.78 is 18.7. The van der Waals surface area contributed by atoms with Gasteiger partial charge in [0.2, 0.25) is 0 Å². The van der Waals surface area contributed by atoms with Crippen LogP contribution in [0.5, 0.6) is 5.75 Å². The monoisotopic (exact) mass is 293 g/mol. The summed E-state index contributed by atoms with van der Waals surface area (Å²) in [4.78, 5) is 0. The minimum Gasteiger partial charge on any atom is -0.489 e. The zero-order valence-corrected chi connectivity index (χ0v) is 12.1. The van der Waals surface area contributed by atoms with Crippen LogP contribution in [0.3, 0.4) is 0 Å². The summed E-state index contributed by atoms with van der Waals surface area (Å²) >= 11 is 5.99. The Kier molecular flexibility index (Phi) is 5.39. The largest absolute Gasteiger partial charge is 0.489 e. The molecule has 4 heteroatoms. The highest BCUT2D eigenvalue weighted by Crippen LogP contribution is 2.20. The Morgan fingerprint density at radius 3 is 2.60 bits per heavy atom. The van der Waals surface area contributed by atoms with Crippen LogP contribution in [0.4, 0.5) is 4.39 Å². The highest BCUT2D eigenvalue weighted by molar-refractivity contribution is 6.31. The fourth-order valence-electron chi connectivity index (χ4n) is 1.79. The van der Waals surface area contributed by atoms with Gasteiger partial charge in [-0.2, -0.15) is 0 Å². The van der Waals surface area contributed by atoms with Crippen molar-refractivity contribution in [2.24, 2.45) is 0 Å². The second-order valence-electron chi connectivity index (χ2n) is 4.45. The standard InChI is InChI=1S/C16H17ClFNO/c1-2-19-10-12-3-6-15(7-4-12)20-11-13-9-14(18)5-8-16(13)17/h3-9,19H,2,10-11H2,1H3. The molecule has 2 rings (SSSR count). The number of hydrogen-bond acceptors (Lipinski definition) is 2. The summed E-state index contributed by atoms with van der Waals surface area (Å²) in [6.45, 7) is 4.10. The van der Waals surface area contributed by atoms with Crippen molar-refractivity contribution >= 4 is 11.6 Å². The zero-order chi connectivity index (χ0) is 14.4. The van der Waals surface area contributed by atoms with Crippen LogP contribution in [0.25, 0.3) is 0 Å². The lowest BCUT2D eigenvalue weighted by atomic mass is 10.2. The van der Waals surface area contributed by atoms with Gasteiger partial charge in [0.15, 0.2) is 0 Å². The summed E-state index contributed by atoms with van der Waals surface area (Å²) in [7, 11) is 0. The number of rotatable bonds is 6. The molecule has 2 aromatic rings. The van der Waals surface area contributed by atoms with Crippen molar-refractivity contribution in [1.82, 2.24) is 5.32 Å². The van der Waals surface area contributed by atoms with E-state index in [1.165, 1.54) is 23.8 Å². The lowest BCUT2D eigenvalue weighted by molar-refractivity contribution is 0.305. The molecule has 0 radical (unpaired) electrons. The van der Waals surface area contributed by atoms with Crippen molar-refractivity contribution in [3.05, 3.63) is 64.4 Å². The van der Waals surface area contributed by atoms with Gasteiger partial charge in [0.05, 0.1) is 0 Å². The Morgan fingerprint density at radius 1 is 1.15 bits per heavy atom. The molecular formula is C16H17ClFNO. The SMILES string of the molecule is CCNCc1ccc(OCc2cc(F)ccc2Cl)cc1. The van der Waals surface area contributed by atoms with E-state index >= 15 is 0 Å². The minimum absolute atomic E-state index is 0.253. The fraction of sp³-hybridized carbons (Fsp3) is 0.250. The van der Waals surface area contributed by atoms with Crippen molar-refractivity contribution in [3.63, 3.8) is 0 Å². The molecule has 2 nitrogen and oxygen atoms in total. The second-order valence-corrected chi connectivity index (χ2v) is 4.86. The first-order valence-corrected chi connectivity index (χ1v) is 6.93. The van der Waals surface area contributed by atoms with Gasteiger partial charge < -0.3 is 10.1 Å². The molecule has 0 spiro atoms. The van der Waals surface area contributed by atoms with E-state index in [1.54, 1.807) is 0 Å². The van der Waals surface area contributed by atoms with Crippen LogP contribution < -0.4 is 10.1 Å². The van der Waals surface area contributed by atoms with Crippen molar-refractivity contribution in [2.75, 3.05) is 6.54 Å². The quantitative estimate of drug-likeness (QED) is 0.863. The molecule has 0 bridgehead atoms. The second kappa shape index (κ2) is 7.27. The van der Waals surface area contributed by atoms with Gasteiger partial charge in [-0.1, -0.05) is 30.7 Å². The van der Waals surface area contributed by atoms with E-state index in [0.717, 1.165) is 18.8 Å². The highest BCUT2D eigenvalue weighted by atomic mass is 35.5. The van der Waals surface area contributed by atoms with Gasteiger partial charge >= 0.3 is 0 Å². The Hall–Kier alpha value is -1.58. The molecule has 0 fully saturated rings. The number of nitrogens with one attached hydrogen (secondary N) is 1. The maximum atomic E-state index is 13.1. The van der Waals surface area contributed by atoms with Crippen LogP contribution in [0.1, 0.15) is 18.1 Å². The maximum absolute atomic E-state index is 13.1. The third-order valence-electron chi connectivity index (χ3n) is 2.90. The Bertz CT molecular complexity index is 557. The summed E-state index contributed by atoms with van der Waals surface area (Å²) in [6.07, 6.45) is 0. The predicted octanol–water partition coefficient (Wildman–Crippen LogP) is 4.17. The van der Waals surface area contributed by atoms with Crippen LogP contribution >= 0.6 is 11.6 Å². The van der Waals surface area contributed by atoms with E-state index in [4.69, 9.17) is 16.3 Å². The van der Waals surface area contributed by atoms with Gasteiger partial charge in [-0.25, -0.2) is 4.39 Å². The summed E-state index contributed by atoms with van der Waals surface area (Å²) in [5.41, 5.74) is 1.84. The number of halogens is 2. The van der Waals surface area contributed by atoms with Gasteiger partial charge in [-0.3, -0.25) is 0 Å². The lowest BCUT2D eigenvalue weighted by Gasteiger charge is -2.09. The molecule has 106 valence electrons. The van der Waals surface area contributed by atoms with Crippen molar-refractivity contribution in [2.45, 2.75) is 20.1 Å². The molecule has 0 aliphatic rings. The molecule has 0 atom stereocenters. The average Bonchev–Trinajstić information content (AvgIpc) is 2.47. The maximum Gasteiger partial charge on any atom is 0.123 e. The number of ether oxygens (including phenoxy) is 1. The van der Waals surface area contributed by atoms with Crippen LogP contribution in [-0.4, -0.2) is 6.54 Å². The molecule has 0 saturated carbocycles. The smallest absolute Gasteiger partial charge is 0.123 e. The first-order chi connectivity index (χ1) is 9.69. The molecule has 0 aliphatic heterocycles. The van der Waals surface area contributed by atoms with Crippen LogP contribution in [0.2, 0.25) is 5.02 Å². The average molecular weight is 294 g/mol. The van der Waals surface area contributed by atoms with E-state index in [9.17, 15) is 4.39 Å². The first kappa shape index (κ1) is 14.8. The molecule has 0 heterocycles. The van der Waals surface area contributed by atoms with E-state index in [1.807, 2.05) is 24.3 Å². The van der Waals surface area contributed by atoms with Gasteiger partial charge in [-0.15, -0.1) is 0 Å². The summed E-state index contributed by atoms with van der Waals surface area (Å²) in [6, 6.07) is 12.1.